The summed E-state index contributed by atoms with van der Waals surface area (Å²) >= 11 is 0. The average Bonchev–Trinajstić information content (AvgIpc) is 2.74. The van der Waals surface area contributed by atoms with Crippen LogP contribution in [0.3, 0.4) is 0 Å². The number of carbonyl (C=O) groups excluding carboxylic acids is 1. The van der Waals surface area contributed by atoms with Gasteiger partial charge in [0.25, 0.3) is 0 Å². The lowest BCUT2D eigenvalue weighted by atomic mass is 10.1. The quantitative estimate of drug-likeness (QED) is 0.644. The molecule has 3 heteroatoms. The van der Waals surface area contributed by atoms with E-state index in [9.17, 15) is 4.79 Å². The summed E-state index contributed by atoms with van der Waals surface area (Å²) in [4.78, 5) is 12.2. The Kier molecular flexibility index (Phi) is 2.97. The maximum Gasteiger partial charge on any atom is 0.342 e. The third-order valence-corrected chi connectivity index (χ3v) is 3.30. The summed E-state index contributed by atoms with van der Waals surface area (Å²) in [5, 5.41) is 2.92. The Morgan fingerprint density at radius 3 is 2.60 bits per heavy atom. The van der Waals surface area contributed by atoms with Crippen LogP contribution in [-0.2, 0) is 4.74 Å². The second-order valence-electron chi connectivity index (χ2n) is 5.15. The third-order valence-electron chi connectivity index (χ3n) is 3.30. The van der Waals surface area contributed by atoms with Crippen LogP contribution >= 0.6 is 0 Å². The third kappa shape index (κ3) is 1.95. The number of hydrogen-bond donors (Lipinski definition) is 0. The van der Waals surface area contributed by atoms with Gasteiger partial charge in [0.1, 0.15) is 16.9 Å². The molecule has 0 radical (unpaired) electrons. The zero-order chi connectivity index (χ0) is 14.3. The van der Waals surface area contributed by atoms with Crippen molar-refractivity contribution in [3.63, 3.8) is 0 Å². The van der Waals surface area contributed by atoms with Crippen molar-refractivity contribution in [2.24, 2.45) is 0 Å². The molecule has 0 unspecified atom stereocenters. The van der Waals surface area contributed by atoms with E-state index in [-0.39, 0.29) is 12.1 Å². The van der Waals surface area contributed by atoms with Crippen molar-refractivity contribution >= 4 is 27.7 Å². The fourth-order valence-electron chi connectivity index (χ4n) is 2.47. The first-order valence-corrected chi connectivity index (χ1v) is 6.69. The van der Waals surface area contributed by atoms with E-state index in [0.717, 1.165) is 21.7 Å². The number of rotatable bonds is 2. The molecular weight excluding hydrogens is 252 g/mol. The molecule has 0 aliphatic heterocycles. The molecule has 0 saturated heterocycles. The van der Waals surface area contributed by atoms with E-state index in [1.807, 2.05) is 50.2 Å². The SMILES string of the molecule is Cc1oc2c(ccc3ccccc32)c1C(=O)OC(C)C. The minimum Gasteiger partial charge on any atom is -0.460 e. The number of fused-ring (bicyclic) bond motifs is 3. The van der Waals surface area contributed by atoms with Crippen molar-refractivity contribution in [3.05, 3.63) is 47.7 Å². The molecule has 0 aliphatic rings. The van der Waals surface area contributed by atoms with E-state index in [4.69, 9.17) is 9.15 Å². The summed E-state index contributed by atoms with van der Waals surface area (Å²) in [6, 6.07) is 11.9. The Hall–Kier alpha value is -2.29. The monoisotopic (exact) mass is 268 g/mol. The topological polar surface area (TPSA) is 39.4 Å². The second kappa shape index (κ2) is 4.67. The van der Waals surface area contributed by atoms with Crippen LogP contribution in [0.4, 0.5) is 0 Å². The Morgan fingerprint density at radius 1 is 1.10 bits per heavy atom. The lowest BCUT2D eigenvalue weighted by Gasteiger charge is -2.07. The van der Waals surface area contributed by atoms with Gasteiger partial charge in [-0.1, -0.05) is 30.3 Å². The van der Waals surface area contributed by atoms with Crippen molar-refractivity contribution < 1.29 is 13.9 Å². The Morgan fingerprint density at radius 2 is 1.85 bits per heavy atom. The maximum absolute atomic E-state index is 12.2. The number of ether oxygens (including phenoxy) is 1. The molecule has 0 atom stereocenters. The van der Waals surface area contributed by atoms with Gasteiger partial charge in [-0.05, 0) is 32.2 Å². The molecule has 0 fully saturated rings. The van der Waals surface area contributed by atoms with E-state index in [0.29, 0.717) is 11.3 Å². The second-order valence-corrected chi connectivity index (χ2v) is 5.15. The molecule has 0 saturated carbocycles. The Balaban J connectivity index is 2.26. The number of benzene rings is 2. The smallest absolute Gasteiger partial charge is 0.342 e. The van der Waals surface area contributed by atoms with Crippen LogP contribution in [-0.4, -0.2) is 12.1 Å². The van der Waals surface area contributed by atoms with E-state index in [1.165, 1.54) is 0 Å². The van der Waals surface area contributed by atoms with Crippen molar-refractivity contribution in [2.45, 2.75) is 26.9 Å². The lowest BCUT2D eigenvalue weighted by Crippen LogP contribution is -2.12. The normalized spacial score (nSPS) is 11.4. The number of esters is 1. The molecule has 3 aromatic rings. The van der Waals surface area contributed by atoms with Gasteiger partial charge in [0.2, 0.25) is 0 Å². The van der Waals surface area contributed by atoms with Crippen LogP contribution in [0, 0.1) is 6.92 Å². The molecule has 0 bridgehead atoms. The minimum absolute atomic E-state index is 0.146. The van der Waals surface area contributed by atoms with Crippen LogP contribution in [0.5, 0.6) is 0 Å². The molecule has 20 heavy (non-hydrogen) atoms. The first kappa shape index (κ1) is 12.7. The predicted octanol–water partition coefficient (Wildman–Crippen LogP) is 4.46. The minimum atomic E-state index is -0.327. The van der Waals surface area contributed by atoms with Crippen molar-refractivity contribution in [1.82, 2.24) is 0 Å². The van der Waals surface area contributed by atoms with Gasteiger partial charge in [-0.2, -0.15) is 0 Å². The van der Waals surface area contributed by atoms with Crippen molar-refractivity contribution in [2.75, 3.05) is 0 Å². The van der Waals surface area contributed by atoms with E-state index in [1.54, 1.807) is 6.92 Å². The predicted molar refractivity (Wildman–Crippen MR) is 79.0 cm³/mol. The standard InChI is InChI=1S/C17H16O3/c1-10(2)19-17(18)15-11(3)20-16-13-7-5-4-6-12(13)8-9-14(15)16/h4-10H,1-3H3. The van der Waals surface area contributed by atoms with Crippen LogP contribution in [0.2, 0.25) is 0 Å². The molecule has 0 aliphatic carbocycles. The Labute approximate surface area is 117 Å². The molecular formula is C17H16O3. The first-order chi connectivity index (χ1) is 9.58. The maximum atomic E-state index is 12.2. The summed E-state index contributed by atoms with van der Waals surface area (Å²) in [5.74, 6) is 0.272. The molecule has 0 spiro atoms. The highest BCUT2D eigenvalue weighted by Gasteiger charge is 2.21. The fourth-order valence-corrected chi connectivity index (χ4v) is 2.47. The fraction of sp³-hybridized carbons (Fsp3) is 0.235. The molecule has 3 nitrogen and oxygen atoms in total. The van der Waals surface area contributed by atoms with Gasteiger partial charge in [0, 0.05) is 10.8 Å². The number of aryl methyl sites for hydroxylation is 1. The highest BCUT2D eigenvalue weighted by Crippen LogP contribution is 2.32. The summed E-state index contributed by atoms with van der Waals surface area (Å²) in [6.45, 7) is 5.47. The summed E-state index contributed by atoms with van der Waals surface area (Å²) < 4.78 is 11.1. The Bertz CT molecular complexity index is 796. The summed E-state index contributed by atoms with van der Waals surface area (Å²) in [5.41, 5.74) is 1.27. The largest absolute Gasteiger partial charge is 0.460 e. The molecule has 102 valence electrons. The molecule has 2 aromatic carbocycles. The van der Waals surface area contributed by atoms with Gasteiger partial charge < -0.3 is 9.15 Å². The van der Waals surface area contributed by atoms with E-state index in [2.05, 4.69) is 0 Å². The van der Waals surface area contributed by atoms with Crippen LogP contribution in [0.25, 0.3) is 21.7 Å². The van der Waals surface area contributed by atoms with Crippen LogP contribution in [0.1, 0.15) is 30.0 Å². The van der Waals surface area contributed by atoms with Crippen molar-refractivity contribution in [3.8, 4) is 0 Å². The number of hydrogen-bond acceptors (Lipinski definition) is 3. The molecule has 0 N–H and O–H groups in total. The first-order valence-electron chi connectivity index (χ1n) is 6.69. The molecule has 3 rings (SSSR count). The van der Waals surface area contributed by atoms with Gasteiger partial charge in [0.15, 0.2) is 0 Å². The number of carbonyl (C=O) groups is 1. The zero-order valence-electron chi connectivity index (χ0n) is 11.8. The highest BCUT2D eigenvalue weighted by atomic mass is 16.5. The van der Waals surface area contributed by atoms with Crippen molar-refractivity contribution in [1.29, 1.82) is 0 Å². The van der Waals surface area contributed by atoms with Gasteiger partial charge >= 0.3 is 5.97 Å². The van der Waals surface area contributed by atoms with Crippen LogP contribution in [0.15, 0.2) is 40.8 Å². The zero-order valence-corrected chi connectivity index (χ0v) is 11.8. The highest BCUT2D eigenvalue weighted by molar-refractivity contribution is 6.12. The van der Waals surface area contributed by atoms with Gasteiger partial charge in [-0.15, -0.1) is 0 Å². The van der Waals surface area contributed by atoms with E-state index < -0.39 is 0 Å². The van der Waals surface area contributed by atoms with Gasteiger partial charge in [-0.25, -0.2) is 4.79 Å². The van der Waals surface area contributed by atoms with Gasteiger partial charge in [0.05, 0.1) is 6.10 Å². The lowest BCUT2D eigenvalue weighted by molar-refractivity contribution is 0.0378. The van der Waals surface area contributed by atoms with Crippen LogP contribution < -0.4 is 0 Å². The molecule has 1 heterocycles. The average molecular weight is 268 g/mol. The summed E-state index contributed by atoms with van der Waals surface area (Å²) in [7, 11) is 0. The van der Waals surface area contributed by atoms with E-state index >= 15 is 0 Å². The summed E-state index contributed by atoms with van der Waals surface area (Å²) in [6.07, 6.45) is -0.146. The molecule has 1 aromatic heterocycles. The molecule has 0 amide bonds. The van der Waals surface area contributed by atoms with Gasteiger partial charge in [-0.3, -0.25) is 0 Å². The number of furan rings is 1.